The molecule has 0 radical (unpaired) electrons. The van der Waals surface area contributed by atoms with E-state index in [0.29, 0.717) is 6.61 Å². The van der Waals surface area contributed by atoms with Crippen LogP contribution >= 0.6 is 0 Å². The smallest absolute Gasteiger partial charge is 0.0499 e. The topological polar surface area (TPSA) is 26.7 Å². The first-order valence-electron chi connectivity index (χ1n) is 8.78. The lowest BCUT2D eigenvalue weighted by molar-refractivity contribution is 0.0222. The van der Waals surface area contributed by atoms with Crippen molar-refractivity contribution in [3.63, 3.8) is 0 Å². The number of nitrogens with zero attached hydrogens (tertiary/aromatic N) is 2. The minimum absolute atomic E-state index is 0.200. The summed E-state index contributed by atoms with van der Waals surface area (Å²) >= 11 is 0. The van der Waals surface area contributed by atoms with Gasteiger partial charge >= 0.3 is 0 Å². The van der Waals surface area contributed by atoms with E-state index in [0.717, 1.165) is 18.5 Å². The average Bonchev–Trinajstić information content (AvgIpc) is 2.78. The van der Waals surface area contributed by atoms with Gasteiger partial charge in [-0.1, -0.05) is 19.8 Å². The van der Waals surface area contributed by atoms with Crippen LogP contribution in [0, 0.1) is 11.3 Å². The van der Waals surface area contributed by atoms with Crippen LogP contribution in [0.4, 0.5) is 0 Å². The van der Waals surface area contributed by atoms with Crippen LogP contribution in [0.25, 0.3) is 0 Å². The van der Waals surface area contributed by atoms with Crippen molar-refractivity contribution in [3.05, 3.63) is 0 Å². The molecule has 0 bridgehead atoms. The van der Waals surface area contributed by atoms with E-state index in [1.807, 2.05) is 0 Å². The molecule has 3 rings (SSSR count). The summed E-state index contributed by atoms with van der Waals surface area (Å²) in [7, 11) is 0. The maximum atomic E-state index is 10.0. The summed E-state index contributed by atoms with van der Waals surface area (Å²) in [5.41, 5.74) is 0.200. The number of hydrogen-bond donors (Lipinski definition) is 1. The molecular formula is C17H32N2O. The van der Waals surface area contributed by atoms with Crippen molar-refractivity contribution in [1.29, 1.82) is 0 Å². The van der Waals surface area contributed by atoms with Crippen LogP contribution in [-0.4, -0.2) is 60.3 Å². The van der Waals surface area contributed by atoms with Crippen molar-refractivity contribution in [2.75, 3.05) is 39.3 Å². The van der Waals surface area contributed by atoms with E-state index in [1.54, 1.807) is 0 Å². The molecule has 0 amide bonds. The summed E-state index contributed by atoms with van der Waals surface area (Å²) in [5.74, 6) is 0.797. The Morgan fingerprint density at radius 3 is 2.75 bits per heavy atom. The molecule has 1 aliphatic carbocycles. The largest absolute Gasteiger partial charge is 0.396 e. The third-order valence-electron chi connectivity index (χ3n) is 5.97. The van der Waals surface area contributed by atoms with Gasteiger partial charge in [0.05, 0.1) is 0 Å². The second-order valence-corrected chi connectivity index (χ2v) is 7.78. The summed E-state index contributed by atoms with van der Waals surface area (Å²) in [6.45, 7) is 8.99. The highest BCUT2D eigenvalue weighted by atomic mass is 16.3. The second-order valence-electron chi connectivity index (χ2n) is 7.78. The Morgan fingerprint density at radius 2 is 1.95 bits per heavy atom. The SMILES string of the molecule is CC1CCCC(CO)(CN2CCCN3CCCC3C2)C1. The quantitative estimate of drug-likeness (QED) is 0.859. The van der Waals surface area contributed by atoms with Gasteiger partial charge in [-0.25, -0.2) is 0 Å². The zero-order valence-electron chi connectivity index (χ0n) is 13.2. The molecule has 3 heteroatoms. The Labute approximate surface area is 124 Å². The van der Waals surface area contributed by atoms with Gasteiger partial charge in [-0.3, -0.25) is 4.90 Å². The molecule has 1 N–H and O–H groups in total. The van der Waals surface area contributed by atoms with Crippen molar-refractivity contribution in [3.8, 4) is 0 Å². The van der Waals surface area contributed by atoms with E-state index in [2.05, 4.69) is 16.7 Å². The Balaban J connectivity index is 1.62. The maximum absolute atomic E-state index is 10.0. The van der Waals surface area contributed by atoms with Crippen molar-refractivity contribution >= 4 is 0 Å². The fraction of sp³-hybridized carbons (Fsp3) is 1.00. The second kappa shape index (κ2) is 6.33. The van der Waals surface area contributed by atoms with Gasteiger partial charge in [0.1, 0.15) is 0 Å². The Morgan fingerprint density at radius 1 is 1.10 bits per heavy atom. The van der Waals surface area contributed by atoms with Gasteiger partial charge in [0.15, 0.2) is 0 Å². The first kappa shape index (κ1) is 14.8. The van der Waals surface area contributed by atoms with Gasteiger partial charge in [0.25, 0.3) is 0 Å². The van der Waals surface area contributed by atoms with Crippen molar-refractivity contribution in [1.82, 2.24) is 9.80 Å². The lowest BCUT2D eigenvalue weighted by Crippen LogP contribution is -2.45. The lowest BCUT2D eigenvalue weighted by atomic mass is 9.70. The molecule has 116 valence electrons. The molecule has 3 unspecified atom stereocenters. The fourth-order valence-corrected chi connectivity index (χ4v) is 5.01. The van der Waals surface area contributed by atoms with E-state index in [4.69, 9.17) is 0 Å². The third kappa shape index (κ3) is 3.20. The summed E-state index contributed by atoms with van der Waals surface area (Å²) in [5, 5.41) is 10.0. The number of aliphatic hydroxyl groups excluding tert-OH is 1. The third-order valence-corrected chi connectivity index (χ3v) is 5.97. The van der Waals surface area contributed by atoms with Gasteiger partial charge in [0, 0.05) is 31.2 Å². The predicted molar refractivity (Wildman–Crippen MR) is 82.8 cm³/mol. The molecule has 0 aromatic heterocycles. The summed E-state index contributed by atoms with van der Waals surface area (Å²) in [4.78, 5) is 5.39. The molecule has 0 aromatic carbocycles. The molecule has 3 nitrogen and oxygen atoms in total. The van der Waals surface area contributed by atoms with Gasteiger partial charge in [-0.05, 0) is 57.7 Å². The molecule has 3 atom stereocenters. The predicted octanol–water partition coefficient (Wildman–Crippen LogP) is 2.35. The van der Waals surface area contributed by atoms with Crippen LogP contribution in [0.5, 0.6) is 0 Å². The molecule has 2 saturated heterocycles. The maximum Gasteiger partial charge on any atom is 0.0499 e. The molecular weight excluding hydrogens is 248 g/mol. The highest BCUT2D eigenvalue weighted by Crippen LogP contribution is 2.40. The summed E-state index contributed by atoms with van der Waals surface area (Å²) in [6, 6.07) is 0.800. The zero-order chi connectivity index (χ0) is 14.0. The van der Waals surface area contributed by atoms with Crippen LogP contribution in [0.1, 0.15) is 51.9 Å². The minimum Gasteiger partial charge on any atom is -0.396 e. The zero-order valence-corrected chi connectivity index (χ0v) is 13.2. The number of fused-ring (bicyclic) bond motifs is 1. The van der Waals surface area contributed by atoms with Gasteiger partial charge in [-0.15, -0.1) is 0 Å². The van der Waals surface area contributed by atoms with Crippen LogP contribution in [0.2, 0.25) is 0 Å². The van der Waals surface area contributed by atoms with E-state index in [9.17, 15) is 5.11 Å². The monoisotopic (exact) mass is 280 g/mol. The number of aliphatic hydroxyl groups is 1. The summed E-state index contributed by atoms with van der Waals surface area (Å²) < 4.78 is 0. The van der Waals surface area contributed by atoms with E-state index < -0.39 is 0 Å². The van der Waals surface area contributed by atoms with Crippen LogP contribution < -0.4 is 0 Å². The Hall–Kier alpha value is -0.120. The van der Waals surface area contributed by atoms with Crippen LogP contribution in [0.15, 0.2) is 0 Å². The normalized spacial score (nSPS) is 40.5. The lowest BCUT2D eigenvalue weighted by Gasteiger charge is -2.42. The van der Waals surface area contributed by atoms with Gasteiger partial charge < -0.3 is 10.0 Å². The van der Waals surface area contributed by atoms with Crippen LogP contribution in [0.3, 0.4) is 0 Å². The van der Waals surface area contributed by atoms with E-state index >= 15 is 0 Å². The minimum atomic E-state index is 0.200. The summed E-state index contributed by atoms with van der Waals surface area (Å²) in [6.07, 6.45) is 9.23. The fourth-order valence-electron chi connectivity index (χ4n) is 5.01. The van der Waals surface area contributed by atoms with E-state index in [-0.39, 0.29) is 5.41 Å². The molecule has 2 aliphatic heterocycles. The molecule has 2 heterocycles. The van der Waals surface area contributed by atoms with Crippen LogP contribution in [-0.2, 0) is 0 Å². The first-order chi connectivity index (χ1) is 9.71. The Bertz CT molecular complexity index is 322. The first-order valence-corrected chi connectivity index (χ1v) is 8.78. The standard InChI is InChI=1S/C17H32N2O/c1-15-5-2-7-17(11-15,14-20)13-18-8-4-10-19-9-3-6-16(19)12-18/h15-16,20H,2-14H2,1H3. The van der Waals surface area contributed by atoms with Crippen molar-refractivity contribution in [2.24, 2.45) is 11.3 Å². The average molecular weight is 280 g/mol. The molecule has 0 spiro atoms. The number of rotatable bonds is 3. The molecule has 3 aliphatic rings. The highest BCUT2D eigenvalue weighted by Gasteiger charge is 2.37. The Kier molecular flexibility index (Phi) is 4.68. The molecule has 3 fully saturated rings. The molecule has 20 heavy (non-hydrogen) atoms. The highest BCUT2D eigenvalue weighted by molar-refractivity contribution is 4.91. The van der Waals surface area contributed by atoms with Gasteiger partial charge in [0.2, 0.25) is 0 Å². The van der Waals surface area contributed by atoms with Crippen molar-refractivity contribution in [2.45, 2.75) is 57.9 Å². The number of hydrogen-bond acceptors (Lipinski definition) is 3. The van der Waals surface area contributed by atoms with E-state index in [1.165, 1.54) is 71.1 Å². The molecule has 0 aromatic rings. The van der Waals surface area contributed by atoms with Crippen molar-refractivity contribution < 1.29 is 5.11 Å². The molecule has 1 saturated carbocycles. The van der Waals surface area contributed by atoms with Gasteiger partial charge in [-0.2, -0.15) is 0 Å².